The largest absolute Gasteiger partial charge is 0.489 e. The number of likely N-dealkylation sites (tertiary alicyclic amines) is 1. The van der Waals surface area contributed by atoms with Crippen molar-refractivity contribution >= 4 is 15.9 Å². The van der Waals surface area contributed by atoms with Crippen molar-refractivity contribution in [3.05, 3.63) is 24.0 Å². The van der Waals surface area contributed by atoms with Gasteiger partial charge in [0, 0.05) is 50.6 Å². The Morgan fingerprint density at radius 1 is 1.12 bits per heavy atom. The van der Waals surface area contributed by atoms with Crippen LogP contribution in [0.4, 0.5) is 0 Å². The lowest BCUT2D eigenvalue weighted by atomic mass is 9.95. The standard InChI is InChI=1S/C18H27N3O4S/c1-14-3-4-17(13-19-14)25-16-7-9-20(10-8-16)18(22)15-5-11-21(12-6-15)26(2,23)24/h3-4,13,15-16H,5-12H2,1-2H3. The number of sulfonamides is 1. The predicted molar refractivity (Wildman–Crippen MR) is 98.3 cm³/mol. The topological polar surface area (TPSA) is 79.8 Å². The molecule has 3 heterocycles. The Morgan fingerprint density at radius 3 is 2.31 bits per heavy atom. The second kappa shape index (κ2) is 7.92. The Balaban J connectivity index is 1.46. The molecule has 0 bridgehead atoms. The maximum Gasteiger partial charge on any atom is 0.225 e. The molecule has 0 spiro atoms. The van der Waals surface area contributed by atoms with Crippen LogP contribution < -0.4 is 4.74 Å². The molecule has 2 saturated heterocycles. The Kier molecular flexibility index (Phi) is 5.82. The summed E-state index contributed by atoms with van der Waals surface area (Å²) in [6, 6.07) is 3.85. The molecule has 0 unspecified atom stereocenters. The van der Waals surface area contributed by atoms with Gasteiger partial charge in [-0.2, -0.15) is 0 Å². The summed E-state index contributed by atoms with van der Waals surface area (Å²) in [6.45, 7) is 4.20. The van der Waals surface area contributed by atoms with E-state index in [1.54, 1.807) is 6.20 Å². The zero-order valence-electron chi connectivity index (χ0n) is 15.4. The van der Waals surface area contributed by atoms with Crippen LogP contribution in [0.5, 0.6) is 5.75 Å². The molecule has 2 fully saturated rings. The molecule has 1 aromatic rings. The number of ether oxygens (including phenoxy) is 1. The summed E-state index contributed by atoms with van der Waals surface area (Å²) in [5.74, 6) is 0.869. The number of rotatable bonds is 4. The van der Waals surface area contributed by atoms with E-state index < -0.39 is 10.0 Å². The van der Waals surface area contributed by atoms with Crippen LogP contribution in [0.25, 0.3) is 0 Å². The van der Waals surface area contributed by atoms with Gasteiger partial charge < -0.3 is 9.64 Å². The van der Waals surface area contributed by atoms with Gasteiger partial charge in [0.1, 0.15) is 11.9 Å². The smallest absolute Gasteiger partial charge is 0.225 e. The Bertz CT molecular complexity index is 719. The predicted octanol–water partition coefficient (Wildman–Crippen LogP) is 1.43. The summed E-state index contributed by atoms with van der Waals surface area (Å²) in [4.78, 5) is 18.9. The van der Waals surface area contributed by atoms with Crippen molar-refractivity contribution in [1.29, 1.82) is 0 Å². The molecule has 0 radical (unpaired) electrons. The monoisotopic (exact) mass is 381 g/mol. The summed E-state index contributed by atoms with van der Waals surface area (Å²) in [5, 5.41) is 0. The van der Waals surface area contributed by atoms with Gasteiger partial charge in [-0.15, -0.1) is 0 Å². The average Bonchev–Trinajstić information content (AvgIpc) is 2.63. The van der Waals surface area contributed by atoms with E-state index in [2.05, 4.69) is 4.98 Å². The maximum atomic E-state index is 12.7. The molecular formula is C18H27N3O4S. The molecule has 144 valence electrons. The van der Waals surface area contributed by atoms with E-state index in [0.717, 1.165) is 24.3 Å². The number of hydrogen-bond acceptors (Lipinski definition) is 5. The Labute approximate surface area is 155 Å². The van der Waals surface area contributed by atoms with E-state index >= 15 is 0 Å². The third-order valence-electron chi connectivity index (χ3n) is 5.21. The normalized spacial score (nSPS) is 20.9. The minimum absolute atomic E-state index is 0.0632. The van der Waals surface area contributed by atoms with Crippen molar-refractivity contribution in [3.63, 3.8) is 0 Å². The molecule has 0 N–H and O–H groups in total. The van der Waals surface area contributed by atoms with Gasteiger partial charge in [0.05, 0.1) is 12.5 Å². The zero-order chi connectivity index (χ0) is 18.7. The number of amides is 1. The quantitative estimate of drug-likeness (QED) is 0.788. The molecule has 0 aliphatic carbocycles. The van der Waals surface area contributed by atoms with Crippen molar-refractivity contribution in [2.45, 2.75) is 38.7 Å². The van der Waals surface area contributed by atoms with Crippen LogP contribution in [0.3, 0.4) is 0 Å². The highest BCUT2D eigenvalue weighted by Crippen LogP contribution is 2.24. The molecule has 2 aliphatic heterocycles. The summed E-state index contributed by atoms with van der Waals surface area (Å²) in [7, 11) is -3.15. The fraction of sp³-hybridized carbons (Fsp3) is 0.667. The number of nitrogens with zero attached hydrogens (tertiary/aromatic N) is 3. The molecule has 2 aliphatic rings. The van der Waals surface area contributed by atoms with Crippen LogP contribution >= 0.6 is 0 Å². The van der Waals surface area contributed by atoms with Gasteiger partial charge >= 0.3 is 0 Å². The SMILES string of the molecule is Cc1ccc(OC2CCN(C(=O)C3CCN(S(C)(=O)=O)CC3)CC2)cn1. The number of aromatic nitrogens is 1. The first-order chi connectivity index (χ1) is 12.3. The summed E-state index contributed by atoms with van der Waals surface area (Å²) >= 11 is 0. The van der Waals surface area contributed by atoms with Crippen LogP contribution in [0, 0.1) is 12.8 Å². The van der Waals surface area contributed by atoms with Crippen LogP contribution in [0.2, 0.25) is 0 Å². The van der Waals surface area contributed by atoms with Gasteiger partial charge in [-0.1, -0.05) is 0 Å². The van der Waals surface area contributed by atoms with Crippen molar-refractivity contribution in [2.75, 3.05) is 32.4 Å². The summed E-state index contributed by atoms with van der Waals surface area (Å²) < 4.78 is 30.6. The first kappa shape index (κ1) is 19.1. The van der Waals surface area contributed by atoms with E-state index in [-0.39, 0.29) is 17.9 Å². The Hall–Kier alpha value is -1.67. The first-order valence-corrected chi connectivity index (χ1v) is 11.0. The lowest BCUT2D eigenvalue weighted by Crippen LogP contribution is -2.47. The Morgan fingerprint density at radius 2 is 1.77 bits per heavy atom. The molecule has 8 heteroatoms. The average molecular weight is 381 g/mol. The van der Waals surface area contributed by atoms with Gasteiger partial charge in [-0.05, 0) is 31.9 Å². The van der Waals surface area contributed by atoms with E-state index in [9.17, 15) is 13.2 Å². The van der Waals surface area contributed by atoms with Crippen LogP contribution in [0.15, 0.2) is 18.3 Å². The maximum absolute atomic E-state index is 12.7. The first-order valence-electron chi connectivity index (χ1n) is 9.16. The highest BCUT2D eigenvalue weighted by atomic mass is 32.2. The lowest BCUT2D eigenvalue weighted by Gasteiger charge is -2.36. The summed E-state index contributed by atoms with van der Waals surface area (Å²) in [5.41, 5.74) is 0.958. The van der Waals surface area contributed by atoms with Gasteiger partial charge in [0.15, 0.2) is 0 Å². The van der Waals surface area contributed by atoms with E-state index in [1.165, 1.54) is 10.6 Å². The molecule has 0 atom stereocenters. The molecular weight excluding hydrogens is 354 g/mol. The van der Waals surface area contributed by atoms with Crippen molar-refractivity contribution in [2.24, 2.45) is 5.92 Å². The molecule has 7 nitrogen and oxygen atoms in total. The van der Waals surface area contributed by atoms with Crippen molar-refractivity contribution < 1.29 is 17.9 Å². The van der Waals surface area contributed by atoms with Gasteiger partial charge in [-0.3, -0.25) is 9.78 Å². The van der Waals surface area contributed by atoms with Crippen molar-refractivity contribution in [1.82, 2.24) is 14.2 Å². The van der Waals surface area contributed by atoms with E-state index in [0.29, 0.717) is 39.0 Å². The van der Waals surface area contributed by atoms with E-state index in [4.69, 9.17) is 4.74 Å². The van der Waals surface area contributed by atoms with Gasteiger partial charge in [0.2, 0.25) is 15.9 Å². The second-order valence-corrected chi connectivity index (χ2v) is 9.20. The van der Waals surface area contributed by atoms with Gasteiger partial charge in [0.25, 0.3) is 0 Å². The molecule has 1 amide bonds. The fourth-order valence-electron chi connectivity index (χ4n) is 3.60. The van der Waals surface area contributed by atoms with E-state index in [1.807, 2.05) is 24.0 Å². The third kappa shape index (κ3) is 4.73. The lowest BCUT2D eigenvalue weighted by molar-refractivity contribution is -0.138. The molecule has 0 saturated carbocycles. The number of carbonyl (C=O) groups excluding carboxylic acids is 1. The second-order valence-electron chi connectivity index (χ2n) is 7.21. The van der Waals surface area contributed by atoms with Gasteiger partial charge in [-0.25, -0.2) is 12.7 Å². The van der Waals surface area contributed by atoms with Crippen LogP contribution in [-0.2, 0) is 14.8 Å². The molecule has 1 aromatic heterocycles. The van der Waals surface area contributed by atoms with Crippen molar-refractivity contribution in [3.8, 4) is 5.75 Å². The molecule has 0 aromatic carbocycles. The highest BCUT2D eigenvalue weighted by Gasteiger charge is 2.33. The third-order valence-corrected chi connectivity index (χ3v) is 6.52. The number of carbonyl (C=O) groups is 1. The zero-order valence-corrected chi connectivity index (χ0v) is 16.2. The summed E-state index contributed by atoms with van der Waals surface area (Å²) in [6.07, 6.45) is 5.90. The number of hydrogen-bond donors (Lipinski definition) is 0. The fourth-order valence-corrected chi connectivity index (χ4v) is 4.48. The minimum atomic E-state index is -3.15. The molecule has 3 rings (SSSR count). The number of pyridine rings is 1. The minimum Gasteiger partial charge on any atom is -0.489 e. The van der Waals surface area contributed by atoms with Crippen LogP contribution in [-0.4, -0.2) is 67.1 Å². The number of aryl methyl sites for hydroxylation is 1. The number of piperidine rings is 2. The molecule has 26 heavy (non-hydrogen) atoms. The van der Waals surface area contributed by atoms with Crippen LogP contribution in [0.1, 0.15) is 31.4 Å². The highest BCUT2D eigenvalue weighted by molar-refractivity contribution is 7.88.